The second kappa shape index (κ2) is 10.3. The number of nitrogens with one attached hydrogen (secondary N) is 1. The molecule has 0 unspecified atom stereocenters. The maximum atomic E-state index is 12.6. The number of ether oxygens (including phenoxy) is 1. The molecule has 0 radical (unpaired) electrons. The van der Waals surface area contributed by atoms with E-state index in [9.17, 15) is 24.4 Å². The van der Waals surface area contributed by atoms with E-state index < -0.39 is 18.5 Å². The van der Waals surface area contributed by atoms with Crippen molar-refractivity contribution in [2.45, 2.75) is 33.2 Å². The van der Waals surface area contributed by atoms with E-state index in [1.807, 2.05) is 44.2 Å². The Bertz CT molecular complexity index is 1370. The quantitative estimate of drug-likeness (QED) is 0.405. The van der Waals surface area contributed by atoms with Gasteiger partial charge in [-0.2, -0.15) is 5.26 Å². The van der Waals surface area contributed by atoms with E-state index in [1.165, 1.54) is 17.0 Å². The summed E-state index contributed by atoms with van der Waals surface area (Å²) < 4.78 is 6.94. The second-order valence-electron chi connectivity index (χ2n) is 8.41. The Morgan fingerprint density at radius 2 is 1.64 bits per heavy atom. The van der Waals surface area contributed by atoms with E-state index >= 15 is 0 Å². The fraction of sp³-hybridized carbons (Fsp3) is 0.222. The summed E-state index contributed by atoms with van der Waals surface area (Å²) >= 11 is 0. The zero-order chi connectivity index (χ0) is 25.8. The number of benzene rings is 2. The fourth-order valence-corrected chi connectivity index (χ4v) is 4.07. The van der Waals surface area contributed by atoms with Crippen LogP contribution in [0.2, 0.25) is 0 Å². The van der Waals surface area contributed by atoms with Gasteiger partial charge < -0.3 is 10.1 Å². The van der Waals surface area contributed by atoms with Gasteiger partial charge >= 0.3 is 5.97 Å². The zero-order valence-electron chi connectivity index (χ0n) is 19.9. The zero-order valence-corrected chi connectivity index (χ0v) is 19.9. The number of hydrogen-bond donors (Lipinski definition) is 1. The van der Waals surface area contributed by atoms with Crippen LogP contribution in [0.1, 0.15) is 45.6 Å². The van der Waals surface area contributed by atoms with Crippen molar-refractivity contribution in [3.05, 3.63) is 82.5 Å². The first-order chi connectivity index (χ1) is 17.3. The number of imide groups is 1. The molecule has 2 aromatic carbocycles. The van der Waals surface area contributed by atoms with Crippen molar-refractivity contribution < 1.29 is 23.9 Å². The number of hydrogen-bond acceptors (Lipinski definition) is 6. The van der Waals surface area contributed by atoms with Crippen molar-refractivity contribution in [2.75, 3.05) is 11.9 Å². The maximum Gasteiger partial charge on any atom is 0.338 e. The van der Waals surface area contributed by atoms with Crippen molar-refractivity contribution in [3.8, 4) is 11.8 Å². The molecular weight excluding hydrogens is 460 g/mol. The molecular formula is C27H24N4O5. The number of esters is 1. The minimum atomic E-state index is -0.698. The van der Waals surface area contributed by atoms with Gasteiger partial charge in [0.15, 0.2) is 6.61 Å². The summed E-state index contributed by atoms with van der Waals surface area (Å²) in [4.78, 5) is 49.9. The van der Waals surface area contributed by atoms with Crippen molar-refractivity contribution in [1.29, 1.82) is 5.26 Å². The summed E-state index contributed by atoms with van der Waals surface area (Å²) in [5.74, 6) is -1.39. The van der Waals surface area contributed by atoms with Gasteiger partial charge in [-0.1, -0.05) is 30.3 Å². The highest BCUT2D eigenvalue weighted by Crippen LogP contribution is 2.29. The van der Waals surface area contributed by atoms with Crippen molar-refractivity contribution >= 4 is 29.5 Å². The number of nitriles is 1. The molecule has 36 heavy (non-hydrogen) atoms. The molecule has 1 N–H and O–H groups in total. The van der Waals surface area contributed by atoms with Crippen LogP contribution in [0.3, 0.4) is 0 Å². The smallest absolute Gasteiger partial charge is 0.338 e. The molecule has 1 aliphatic rings. The average molecular weight is 485 g/mol. The number of aromatic nitrogens is 1. The van der Waals surface area contributed by atoms with Crippen molar-refractivity contribution in [1.82, 2.24) is 9.47 Å². The lowest BCUT2D eigenvalue weighted by Gasteiger charge is -2.14. The molecule has 4 rings (SSSR count). The van der Waals surface area contributed by atoms with E-state index in [0.717, 1.165) is 16.9 Å². The highest BCUT2D eigenvalue weighted by molar-refractivity contribution is 6.02. The van der Waals surface area contributed by atoms with Gasteiger partial charge in [-0.15, -0.1) is 0 Å². The first kappa shape index (κ1) is 24.4. The van der Waals surface area contributed by atoms with Crippen LogP contribution < -0.4 is 5.32 Å². The normalized spacial score (nSPS) is 13.0. The molecule has 0 spiro atoms. The Kier molecular flexibility index (Phi) is 6.97. The maximum absolute atomic E-state index is 12.6. The number of anilines is 1. The van der Waals surface area contributed by atoms with Gasteiger partial charge in [-0.05, 0) is 49.2 Å². The highest BCUT2D eigenvalue weighted by Gasteiger charge is 2.28. The lowest BCUT2D eigenvalue weighted by molar-refractivity contribution is -0.139. The molecule has 3 aromatic rings. The van der Waals surface area contributed by atoms with Crippen LogP contribution in [0.5, 0.6) is 0 Å². The number of rotatable bonds is 7. The summed E-state index contributed by atoms with van der Waals surface area (Å²) in [6, 6.07) is 17.7. The Labute approximate surface area is 207 Å². The number of nitrogens with zero attached hydrogens (tertiary/aromatic N) is 3. The Balaban J connectivity index is 1.41. The van der Waals surface area contributed by atoms with Crippen LogP contribution >= 0.6 is 0 Å². The van der Waals surface area contributed by atoms with E-state index in [-0.39, 0.29) is 36.8 Å². The number of amides is 3. The van der Waals surface area contributed by atoms with Gasteiger partial charge in [0.05, 0.1) is 17.7 Å². The number of carbonyl (C=O) groups is 4. The van der Waals surface area contributed by atoms with Crippen LogP contribution in [-0.2, 0) is 25.7 Å². The third-order valence-electron chi connectivity index (χ3n) is 6.12. The third-order valence-corrected chi connectivity index (χ3v) is 6.12. The van der Waals surface area contributed by atoms with Gasteiger partial charge in [0, 0.05) is 24.2 Å². The number of likely N-dealkylation sites (tertiary alicyclic amines) is 1. The summed E-state index contributed by atoms with van der Waals surface area (Å²) in [6.07, 6.45) is 0.437. The van der Waals surface area contributed by atoms with Gasteiger partial charge in [0.1, 0.15) is 11.9 Å². The van der Waals surface area contributed by atoms with Gasteiger partial charge in [-0.3, -0.25) is 23.9 Å². The molecule has 1 aromatic heterocycles. The SMILES string of the molecule is Cc1c(C#N)c(NC(=O)COC(=O)c2ccc(CN3C(=O)CCC3=O)cc2)n(-c2ccccc2)c1C. The first-order valence-electron chi connectivity index (χ1n) is 11.4. The number of carbonyl (C=O) groups excluding carboxylic acids is 4. The van der Waals surface area contributed by atoms with Crippen LogP contribution in [0.15, 0.2) is 54.6 Å². The average Bonchev–Trinajstić information content (AvgIpc) is 3.32. The minimum Gasteiger partial charge on any atom is -0.452 e. The van der Waals surface area contributed by atoms with E-state index in [0.29, 0.717) is 16.9 Å². The predicted molar refractivity (Wildman–Crippen MR) is 130 cm³/mol. The Hall–Kier alpha value is -4.71. The Morgan fingerprint density at radius 1 is 1.00 bits per heavy atom. The van der Waals surface area contributed by atoms with Gasteiger partial charge in [-0.25, -0.2) is 4.79 Å². The molecule has 1 fully saturated rings. The van der Waals surface area contributed by atoms with Crippen LogP contribution in [0.25, 0.3) is 5.69 Å². The van der Waals surface area contributed by atoms with Crippen LogP contribution in [0.4, 0.5) is 5.82 Å². The standard InChI is InChI=1S/C27H24N4O5/c1-17-18(2)31(21-6-4-3-5-7-21)26(22(17)14-28)29-23(32)16-36-27(35)20-10-8-19(9-11-20)15-30-24(33)12-13-25(30)34/h3-11H,12-13,15-16H2,1-2H3,(H,29,32). The lowest BCUT2D eigenvalue weighted by atomic mass is 10.1. The Morgan fingerprint density at radius 3 is 2.25 bits per heavy atom. The fourth-order valence-electron chi connectivity index (χ4n) is 4.07. The molecule has 9 heteroatoms. The van der Waals surface area contributed by atoms with E-state index in [1.54, 1.807) is 16.7 Å². The molecule has 2 heterocycles. The summed E-state index contributed by atoms with van der Waals surface area (Å²) in [5.41, 5.74) is 3.59. The van der Waals surface area contributed by atoms with Crippen molar-refractivity contribution in [2.24, 2.45) is 0 Å². The highest BCUT2D eigenvalue weighted by atomic mass is 16.5. The molecule has 3 amide bonds. The predicted octanol–water partition coefficient (Wildman–Crippen LogP) is 3.41. The second-order valence-corrected chi connectivity index (χ2v) is 8.41. The van der Waals surface area contributed by atoms with E-state index in [2.05, 4.69) is 11.4 Å². The molecule has 0 bridgehead atoms. The number of para-hydroxylation sites is 1. The molecule has 1 aliphatic heterocycles. The van der Waals surface area contributed by atoms with Crippen LogP contribution in [-0.4, -0.2) is 39.8 Å². The topological polar surface area (TPSA) is 122 Å². The molecule has 0 atom stereocenters. The van der Waals surface area contributed by atoms with Gasteiger partial charge in [0.2, 0.25) is 11.8 Å². The van der Waals surface area contributed by atoms with Gasteiger partial charge in [0.25, 0.3) is 5.91 Å². The van der Waals surface area contributed by atoms with E-state index in [4.69, 9.17) is 4.74 Å². The molecule has 1 saturated heterocycles. The molecule has 9 nitrogen and oxygen atoms in total. The minimum absolute atomic E-state index is 0.149. The molecule has 0 aliphatic carbocycles. The largest absolute Gasteiger partial charge is 0.452 e. The monoisotopic (exact) mass is 484 g/mol. The summed E-state index contributed by atoms with van der Waals surface area (Å²) in [5, 5.41) is 12.4. The third kappa shape index (κ3) is 4.88. The first-order valence-corrected chi connectivity index (χ1v) is 11.4. The summed E-state index contributed by atoms with van der Waals surface area (Å²) in [7, 11) is 0. The van der Waals surface area contributed by atoms with Crippen molar-refractivity contribution in [3.63, 3.8) is 0 Å². The molecule has 0 saturated carbocycles. The van der Waals surface area contributed by atoms with Crippen LogP contribution in [0, 0.1) is 25.2 Å². The lowest BCUT2D eigenvalue weighted by Crippen LogP contribution is -2.28. The molecule has 182 valence electrons. The summed E-state index contributed by atoms with van der Waals surface area (Å²) in [6.45, 7) is 3.27.